The summed E-state index contributed by atoms with van der Waals surface area (Å²) in [4.78, 5) is 59.2. The van der Waals surface area contributed by atoms with Gasteiger partial charge in [-0.1, -0.05) is 70.5 Å². The van der Waals surface area contributed by atoms with Gasteiger partial charge in [0.25, 0.3) is 5.91 Å². The average Bonchev–Trinajstić information content (AvgIpc) is 4.01. The Labute approximate surface area is 316 Å². The summed E-state index contributed by atoms with van der Waals surface area (Å²) >= 11 is 6.39. The topological polar surface area (TPSA) is 154 Å². The normalized spacial score (nSPS) is 25.8. The number of fused-ring (bicyclic) bond motifs is 1. The fraction of sp³-hybridized carbons (Fsp3) is 0.590. The minimum Gasteiger partial charge on any atom is -0.444 e. The van der Waals surface area contributed by atoms with E-state index in [0.717, 1.165) is 35.2 Å². The molecule has 4 fully saturated rings. The first-order valence-electron chi connectivity index (χ1n) is 18.7. The van der Waals surface area contributed by atoms with E-state index in [1.54, 1.807) is 11.0 Å². The number of benzene rings is 2. The highest BCUT2D eigenvalue weighted by Crippen LogP contribution is 2.57. The van der Waals surface area contributed by atoms with Crippen molar-refractivity contribution in [2.24, 2.45) is 17.8 Å². The molecule has 0 spiro atoms. The highest BCUT2D eigenvalue weighted by molar-refractivity contribution is 7.91. The van der Waals surface area contributed by atoms with Crippen molar-refractivity contribution in [2.45, 2.75) is 121 Å². The van der Waals surface area contributed by atoms with Gasteiger partial charge < -0.3 is 20.3 Å². The standard InChI is InChI=1S/C39H50ClN5O7S/c1-22(2)33(41-26-10-7-9-25(16-26)38(3,4)5)35(47)45-20-27(52-37(49)44-19-24-8-6-11-31(40)29(24)21-44)17-32(45)34(46)42-39(18-30(39)23-12-13-23)36(48)43-53(50,51)28-14-15-28/h6-11,16,22-23,27-28,30,32-33,41H,12-15,17-21H2,1-5H3,(H,42,46)(H,43,48)/t27?,30-,32-,33-,39+/m0/s1. The molecule has 1 unspecified atom stereocenters. The van der Waals surface area contributed by atoms with Crippen LogP contribution in [0.25, 0.3) is 0 Å². The molecule has 5 atom stereocenters. The molecule has 2 heterocycles. The van der Waals surface area contributed by atoms with Crippen LogP contribution in [0.4, 0.5) is 10.5 Å². The van der Waals surface area contributed by atoms with Gasteiger partial charge in [-0.05, 0) is 90.2 Å². The number of carbonyl (C=O) groups is 4. The molecule has 2 aromatic rings. The first-order chi connectivity index (χ1) is 25.0. The molecule has 0 bridgehead atoms. The Hall–Kier alpha value is -3.84. The van der Waals surface area contributed by atoms with Gasteiger partial charge in [0.05, 0.1) is 18.3 Å². The number of ether oxygens (including phenoxy) is 1. The smallest absolute Gasteiger partial charge is 0.410 e. The number of nitrogens with one attached hydrogen (secondary N) is 3. The van der Waals surface area contributed by atoms with Crippen molar-refractivity contribution in [1.82, 2.24) is 19.8 Å². The second-order valence-electron chi connectivity index (χ2n) is 17.0. The maximum atomic E-state index is 14.6. The molecule has 3 N–H and O–H groups in total. The van der Waals surface area contributed by atoms with E-state index >= 15 is 0 Å². The van der Waals surface area contributed by atoms with Crippen LogP contribution in [0.5, 0.6) is 0 Å². The minimum atomic E-state index is -3.85. The summed E-state index contributed by atoms with van der Waals surface area (Å²) in [5.41, 5.74) is 2.14. The SMILES string of the molecule is CC(C)[C@H](Nc1cccc(C(C)(C)C)c1)C(=O)N1CC(OC(=O)N2Cc3cccc(Cl)c3C2)C[C@H]1C(=O)N[C@]1(C(=O)NS(=O)(=O)C2CC2)C[C@H]1C1CC1. The number of sulfonamides is 1. The summed E-state index contributed by atoms with van der Waals surface area (Å²) < 4.78 is 33.9. The van der Waals surface area contributed by atoms with Gasteiger partial charge in [-0.15, -0.1) is 0 Å². The van der Waals surface area contributed by atoms with E-state index in [-0.39, 0.29) is 48.6 Å². The highest BCUT2D eigenvalue weighted by atomic mass is 35.5. The molecule has 3 saturated carbocycles. The van der Waals surface area contributed by atoms with Gasteiger partial charge in [0, 0.05) is 23.7 Å². The Morgan fingerprint density at radius 1 is 1.00 bits per heavy atom. The molecule has 0 radical (unpaired) electrons. The fourth-order valence-electron chi connectivity index (χ4n) is 7.85. The maximum Gasteiger partial charge on any atom is 0.410 e. The number of amides is 4. The highest BCUT2D eigenvalue weighted by Gasteiger charge is 2.67. The third kappa shape index (κ3) is 7.74. The summed E-state index contributed by atoms with van der Waals surface area (Å²) in [6.07, 6.45) is 1.75. The number of anilines is 1. The Morgan fingerprint density at radius 3 is 2.36 bits per heavy atom. The molecular formula is C39H50ClN5O7S. The summed E-state index contributed by atoms with van der Waals surface area (Å²) in [7, 11) is -3.85. The van der Waals surface area contributed by atoms with E-state index in [0.29, 0.717) is 30.8 Å². The van der Waals surface area contributed by atoms with Gasteiger partial charge in [-0.2, -0.15) is 0 Å². The van der Waals surface area contributed by atoms with Gasteiger partial charge >= 0.3 is 6.09 Å². The molecule has 1 saturated heterocycles. The van der Waals surface area contributed by atoms with E-state index in [1.165, 1.54) is 4.90 Å². The molecule has 2 aromatic carbocycles. The lowest BCUT2D eigenvalue weighted by Gasteiger charge is -2.32. The van der Waals surface area contributed by atoms with Gasteiger partial charge in [-0.3, -0.25) is 24.0 Å². The number of likely N-dealkylation sites (tertiary alicyclic amines) is 1. The number of halogens is 1. The number of carbonyl (C=O) groups excluding carboxylic acids is 4. The molecule has 286 valence electrons. The second-order valence-corrected chi connectivity index (χ2v) is 19.3. The lowest BCUT2D eigenvalue weighted by atomic mass is 9.87. The van der Waals surface area contributed by atoms with Gasteiger partial charge in [-0.25, -0.2) is 13.2 Å². The van der Waals surface area contributed by atoms with Crippen molar-refractivity contribution in [3.63, 3.8) is 0 Å². The third-order valence-corrected chi connectivity index (χ3v) is 13.6. The zero-order valence-corrected chi connectivity index (χ0v) is 32.6. The van der Waals surface area contributed by atoms with Crippen molar-refractivity contribution < 1.29 is 32.3 Å². The van der Waals surface area contributed by atoms with E-state index < -0.39 is 56.9 Å². The van der Waals surface area contributed by atoms with Crippen LogP contribution in [0.1, 0.15) is 89.8 Å². The number of hydrogen-bond acceptors (Lipinski definition) is 8. The van der Waals surface area contributed by atoms with Crippen molar-refractivity contribution in [3.8, 4) is 0 Å². The van der Waals surface area contributed by atoms with Crippen LogP contribution >= 0.6 is 11.6 Å². The maximum absolute atomic E-state index is 14.6. The Kier molecular flexibility index (Phi) is 9.74. The van der Waals surface area contributed by atoms with Gasteiger partial charge in [0.2, 0.25) is 21.8 Å². The predicted molar refractivity (Wildman–Crippen MR) is 200 cm³/mol. The summed E-state index contributed by atoms with van der Waals surface area (Å²) in [6, 6.07) is 11.6. The molecule has 3 aliphatic carbocycles. The molecule has 0 aromatic heterocycles. The predicted octanol–water partition coefficient (Wildman–Crippen LogP) is 5.09. The van der Waals surface area contributed by atoms with Crippen LogP contribution in [0.3, 0.4) is 0 Å². The monoisotopic (exact) mass is 767 g/mol. The van der Waals surface area contributed by atoms with Crippen LogP contribution in [0.15, 0.2) is 42.5 Å². The Balaban J connectivity index is 1.13. The van der Waals surface area contributed by atoms with Crippen molar-refractivity contribution in [3.05, 3.63) is 64.2 Å². The fourth-order valence-corrected chi connectivity index (χ4v) is 9.47. The summed E-state index contributed by atoms with van der Waals surface area (Å²) in [6.45, 7) is 10.8. The molecule has 5 aliphatic rings. The molecule has 53 heavy (non-hydrogen) atoms. The van der Waals surface area contributed by atoms with E-state index in [1.807, 2.05) is 50.2 Å². The van der Waals surface area contributed by atoms with Gasteiger partial charge in [0.1, 0.15) is 23.7 Å². The molecular weight excluding hydrogens is 718 g/mol. The first kappa shape index (κ1) is 37.5. The molecule has 12 nitrogen and oxygen atoms in total. The van der Waals surface area contributed by atoms with Crippen molar-refractivity contribution in [2.75, 3.05) is 11.9 Å². The van der Waals surface area contributed by atoms with Crippen LogP contribution in [0, 0.1) is 17.8 Å². The average molecular weight is 768 g/mol. The zero-order valence-electron chi connectivity index (χ0n) is 31.0. The second kappa shape index (κ2) is 13.8. The van der Waals surface area contributed by atoms with Crippen LogP contribution in [-0.4, -0.2) is 77.6 Å². The third-order valence-electron chi connectivity index (χ3n) is 11.4. The Morgan fingerprint density at radius 2 is 1.72 bits per heavy atom. The van der Waals surface area contributed by atoms with E-state index in [4.69, 9.17) is 16.3 Å². The molecule has 4 amide bonds. The molecule has 14 heteroatoms. The van der Waals surface area contributed by atoms with Gasteiger partial charge in [0.15, 0.2) is 0 Å². The Bertz CT molecular complexity index is 1920. The number of rotatable bonds is 11. The van der Waals surface area contributed by atoms with Crippen molar-refractivity contribution in [1.29, 1.82) is 0 Å². The molecule has 2 aliphatic heterocycles. The zero-order chi connectivity index (χ0) is 38.0. The van der Waals surface area contributed by atoms with E-state index in [9.17, 15) is 27.6 Å². The summed E-state index contributed by atoms with van der Waals surface area (Å²) in [5, 5.41) is 6.32. The lowest BCUT2D eigenvalue weighted by Crippen LogP contribution is -2.58. The number of nitrogens with zero attached hydrogens (tertiary/aromatic N) is 2. The van der Waals surface area contributed by atoms with Crippen LogP contribution < -0.4 is 15.4 Å². The largest absolute Gasteiger partial charge is 0.444 e. The van der Waals surface area contributed by atoms with Crippen molar-refractivity contribution >= 4 is 51.1 Å². The first-order valence-corrected chi connectivity index (χ1v) is 20.7. The molecule has 7 rings (SSSR count). The quantitative estimate of drug-likeness (QED) is 0.286. The number of hydrogen-bond donors (Lipinski definition) is 3. The van der Waals surface area contributed by atoms with E-state index in [2.05, 4.69) is 36.1 Å². The summed E-state index contributed by atoms with van der Waals surface area (Å²) in [5.74, 6) is -1.80. The lowest BCUT2D eigenvalue weighted by molar-refractivity contribution is -0.141. The van der Waals surface area contributed by atoms with Crippen LogP contribution in [0.2, 0.25) is 5.02 Å². The minimum absolute atomic E-state index is 0.0152. The van der Waals surface area contributed by atoms with Crippen LogP contribution in [-0.2, 0) is 47.6 Å².